The van der Waals surface area contributed by atoms with Crippen LogP contribution >= 0.6 is 34.2 Å². The normalized spacial score (nSPS) is 12.4. The molecule has 0 saturated heterocycles. The first-order valence-corrected chi connectivity index (χ1v) is 8.37. The summed E-state index contributed by atoms with van der Waals surface area (Å²) in [4.78, 5) is 11.7. The summed E-state index contributed by atoms with van der Waals surface area (Å²) >= 11 is 8.31. The Bertz CT molecular complexity index is 780. The summed E-state index contributed by atoms with van der Waals surface area (Å²) in [5.41, 5.74) is 2.99. The van der Waals surface area contributed by atoms with Crippen LogP contribution in [-0.2, 0) is 4.79 Å². The minimum absolute atomic E-state index is 0.132. The zero-order valence-corrected chi connectivity index (χ0v) is 15.2. The highest BCUT2D eigenvalue weighted by Crippen LogP contribution is 2.36. The number of halogens is 2. The van der Waals surface area contributed by atoms with E-state index in [1.807, 2.05) is 12.1 Å². The van der Waals surface area contributed by atoms with Gasteiger partial charge in [-0.05, 0) is 52.9 Å². The first-order valence-electron chi connectivity index (χ1n) is 6.91. The van der Waals surface area contributed by atoms with Crippen LogP contribution in [0, 0.1) is 3.57 Å². The number of hydrogen-bond donors (Lipinski definition) is 1. The van der Waals surface area contributed by atoms with Gasteiger partial charge in [-0.1, -0.05) is 11.6 Å². The van der Waals surface area contributed by atoms with E-state index >= 15 is 0 Å². The van der Waals surface area contributed by atoms with Crippen LogP contribution in [0.5, 0.6) is 17.2 Å². The van der Waals surface area contributed by atoms with Crippen LogP contribution in [0.3, 0.4) is 0 Å². The molecular formula is C16H12ClIN2O4. The van der Waals surface area contributed by atoms with Gasteiger partial charge >= 0.3 is 0 Å². The van der Waals surface area contributed by atoms with Crippen LogP contribution in [0.15, 0.2) is 41.5 Å². The number of rotatable bonds is 5. The quantitative estimate of drug-likeness (QED) is 0.424. The Morgan fingerprint density at radius 1 is 1.29 bits per heavy atom. The largest absolute Gasteiger partial charge is 0.484 e. The lowest BCUT2D eigenvalue weighted by Gasteiger charge is -2.05. The van der Waals surface area contributed by atoms with Crippen molar-refractivity contribution in [2.75, 3.05) is 13.4 Å². The molecular weight excluding hydrogens is 447 g/mol. The number of benzene rings is 2. The number of fused-ring (bicyclic) bond motifs is 1. The summed E-state index contributed by atoms with van der Waals surface area (Å²) < 4.78 is 16.9. The molecule has 0 atom stereocenters. The average molecular weight is 459 g/mol. The monoisotopic (exact) mass is 458 g/mol. The standard InChI is InChI=1S/C16H12ClIN2O4/c17-13-6-15-14(23-9-24-15)5-10(13)7-19-20-16(21)8-22-12-3-1-11(18)2-4-12/h1-7H,8-9H2,(H,20,21)/b19-7-. The zero-order chi connectivity index (χ0) is 16.9. The lowest BCUT2D eigenvalue weighted by Crippen LogP contribution is -2.24. The Morgan fingerprint density at radius 3 is 2.75 bits per heavy atom. The number of hydrazone groups is 1. The predicted octanol–water partition coefficient (Wildman–Crippen LogP) is 3.20. The molecule has 2 aromatic rings. The molecule has 6 nitrogen and oxygen atoms in total. The van der Waals surface area contributed by atoms with E-state index < -0.39 is 0 Å². The van der Waals surface area contributed by atoms with Gasteiger partial charge in [0.2, 0.25) is 6.79 Å². The third-order valence-electron chi connectivity index (χ3n) is 3.07. The third kappa shape index (κ3) is 4.30. The number of carbonyl (C=O) groups is 1. The van der Waals surface area contributed by atoms with E-state index in [1.165, 1.54) is 6.21 Å². The van der Waals surface area contributed by atoms with Crippen LogP contribution in [0.4, 0.5) is 0 Å². The van der Waals surface area contributed by atoms with Gasteiger partial charge in [0.15, 0.2) is 18.1 Å². The van der Waals surface area contributed by atoms with Crippen molar-refractivity contribution in [3.63, 3.8) is 0 Å². The average Bonchev–Trinajstić information content (AvgIpc) is 3.01. The highest BCUT2D eigenvalue weighted by molar-refractivity contribution is 14.1. The zero-order valence-electron chi connectivity index (χ0n) is 12.3. The molecule has 1 aliphatic rings. The maximum atomic E-state index is 11.7. The molecule has 0 bridgehead atoms. The number of nitrogens with zero attached hydrogens (tertiary/aromatic N) is 1. The van der Waals surface area contributed by atoms with E-state index in [4.69, 9.17) is 25.8 Å². The van der Waals surface area contributed by atoms with Gasteiger partial charge in [-0.3, -0.25) is 4.79 Å². The maximum Gasteiger partial charge on any atom is 0.277 e. The second-order valence-electron chi connectivity index (χ2n) is 4.76. The molecule has 124 valence electrons. The van der Waals surface area contributed by atoms with Crippen molar-refractivity contribution in [1.29, 1.82) is 0 Å². The molecule has 1 N–H and O–H groups in total. The topological polar surface area (TPSA) is 69.2 Å². The van der Waals surface area contributed by atoms with Gasteiger partial charge in [0, 0.05) is 15.2 Å². The Labute approximate surface area is 156 Å². The summed E-state index contributed by atoms with van der Waals surface area (Å²) in [6, 6.07) is 10.7. The highest BCUT2D eigenvalue weighted by Gasteiger charge is 2.15. The number of amides is 1. The molecule has 24 heavy (non-hydrogen) atoms. The summed E-state index contributed by atoms with van der Waals surface area (Å²) in [5.74, 6) is 1.43. The lowest BCUT2D eigenvalue weighted by atomic mass is 10.2. The molecule has 0 saturated carbocycles. The van der Waals surface area contributed by atoms with E-state index in [1.54, 1.807) is 24.3 Å². The Balaban J connectivity index is 1.52. The second-order valence-corrected chi connectivity index (χ2v) is 6.42. The second kappa shape index (κ2) is 7.71. The van der Waals surface area contributed by atoms with Crippen LogP contribution in [0.2, 0.25) is 5.02 Å². The molecule has 1 amide bonds. The van der Waals surface area contributed by atoms with Crippen molar-refractivity contribution < 1.29 is 19.0 Å². The smallest absolute Gasteiger partial charge is 0.277 e. The summed E-state index contributed by atoms with van der Waals surface area (Å²) in [5, 5.41) is 4.32. The van der Waals surface area contributed by atoms with Gasteiger partial charge in [0.05, 0.1) is 11.2 Å². The van der Waals surface area contributed by atoms with Crippen molar-refractivity contribution in [3.05, 3.63) is 50.6 Å². The van der Waals surface area contributed by atoms with Gasteiger partial charge < -0.3 is 14.2 Å². The lowest BCUT2D eigenvalue weighted by molar-refractivity contribution is -0.123. The van der Waals surface area contributed by atoms with Crippen LogP contribution in [0.25, 0.3) is 0 Å². The Hall–Kier alpha value is -2.00. The van der Waals surface area contributed by atoms with E-state index in [0.717, 1.165) is 3.57 Å². The minimum Gasteiger partial charge on any atom is -0.484 e. The molecule has 0 radical (unpaired) electrons. The van der Waals surface area contributed by atoms with Crippen molar-refractivity contribution in [3.8, 4) is 17.2 Å². The molecule has 1 aliphatic heterocycles. The van der Waals surface area contributed by atoms with E-state index in [0.29, 0.717) is 27.8 Å². The SMILES string of the molecule is O=C(COc1ccc(I)cc1)N/N=C\c1cc2c(cc1Cl)OCO2. The highest BCUT2D eigenvalue weighted by atomic mass is 127. The van der Waals surface area contributed by atoms with E-state index in [9.17, 15) is 4.79 Å². The molecule has 0 fully saturated rings. The first-order chi connectivity index (χ1) is 11.6. The van der Waals surface area contributed by atoms with Crippen molar-refractivity contribution >= 4 is 46.3 Å². The van der Waals surface area contributed by atoms with E-state index in [-0.39, 0.29) is 19.3 Å². The third-order valence-corrected chi connectivity index (χ3v) is 4.11. The van der Waals surface area contributed by atoms with Crippen molar-refractivity contribution in [1.82, 2.24) is 5.43 Å². The number of carbonyl (C=O) groups excluding carboxylic acids is 1. The van der Waals surface area contributed by atoms with Crippen molar-refractivity contribution in [2.45, 2.75) is 0 Å². The number of hydrogen-bond acceptors (Lipinski definition) is 5. The van der Waals surface area contributed by atoms with Crippen LogP contribution < -0.4 is 19.6 Å². The van der Waals surface area contributed by atoms with Gasteiger partial charge in [-0.25, -0.2) is 5.43 Å². The number of nitrogens with one attached hydrogen (secondary N) is 1. The first kappa shape index (κ1) is 16.8. The van der Waals surface area contributed by atoms with Gasteiger partial charge in [0.25, 0.3) is 5.91 Å². The Kier molecular flexibility index (Phi) is 5.41. The molecule has 1 heterocycles. The van der Waals surface area contributed by atoms with Gasteiger partial charge in [-0.2, -0.15) is 5.10 Å². The number of ether oxygens (including phenoxy) is 3. The summed E-state index contributed by atoms with van der Waals surface area (Å²) in [7, 11) is 0. The molecule has 3 rings (SSSR count). The van der Waals surface area contributed by atoms with Crippen molar-refractivity contribution in [2.24, 2.45) is 5.10 Å². The van der Waals surface area contributed by atoms with Gasteiger partial charge in [0.1, 0.15) is 5.75 Å². The summed E-state index contributed by atoms with van der Waals surface area (Å²) in [6.45, 7) is 0.0334. The fourth-order valence-corrected chi connectivity index (χ4v) is 2.48. The fraction of sp³-hybridized carbons (Fsp3) is 0.125. The van der Waals surface area contributed by atoms with E-state index in [2.05, 4.69) is 33.1 Å². The molecule has 8 heteroatoms. The fourth-order valence-electron chi connectivity index (χ4n) is 1.92. The summed E-state index contributed by atoms with van der Waals surface area (Å²) in [6.07, 6.45) is 1.44. The maximum absolute atomic E-state index is 11.7. The minimum atomic E-state index is -0.373. The predicted molar refractivity (Wildman–Crippen MR) is 98.0 cm³/mol. The molecule has 0 unspecified atom stereocenters. The van der Waals surface area contributed by atoms with Crippen LogP contribution in [-0.4, -0.2) is 25.5 Å². The molecule has 0 spiro atoms. The van der Waals surface area contributed by atoms with Gasteiger partial charge in [-0.15, -0.1) is 0 Å². The van der Waals surface area contributed by atoms with Crippen LogP contribution in [0.1, 0.15) is 5.56 Å². The molecule has 2 aromatic carbocycles. The molecule has 0 aromatic heterocycles. The molecule has 0 aliphatic carbocycles. The Morgan fingerprint density at radius 2 is 2.00 bits per heavy atom.